The van der Waals surface area contributed by atoms with Gasteiger partial charge in [-0.2, -0.15) is 0 Å². The van der Waals surface area contributed by atoms with Crippen molar-refractivity contribution in [1.29, 1.82) is 0 Å². The van der Waals surface area contributed by atoms with Crippen molar-refractivity contribution in [1.82, 2.24) is 4.98 Å². The highest BCUT2D eigenvalue weighted by molar-refractivity contribution is 7.79. The molecule has 4 nitrogen and oxygen atoms in total. The summed E-state index contributed by atoms with van der Waals surface area (Å²) in [6, 6.07) is 8.51. The molecule has 2 N–H and O–H groups in total. The summed E-state index contributed by atoms with van der Waals surface area (Å²) in [6.07, 6.45) is 0. The van der Waals surface area contributed by atoms with Gasteiger partial charge in [0.15, 0.2) is 11.1 Å². The molecule has 0 aliphatic carbocycles. The average Bonchev–Trinajstić information content (AvgIpc) is 2.16. The summed E-state index contributed by atoms with van der Waals surface area (Å²) in [5, 5.41) is 0.740. The van der Waals surface area contributed by atoms with Crippen LogP contribution in [0.1, 0.15) is 0 Å². The van der Waals surface area contributed by atoms with E-state index in [2.05, 4.69) is 4.98 Å². The number of aromatic nitrogens is 1. The Labute approximate surface area is 81.9 Å². The van der Waals surface area contributed by atoms with Crippen LogP contribution in [-0.4, -0.2) is 13.7 Å². The van der Waals surface area contributed by atoms with E-state index in [1.54, 1.807) is 24.3 Å². The fraction of sp³-hybridized carbons (Fsp3) is 0. The molecule has 2 aromatic rings. The monoisotopic (exact) mass is 209 g/mol. The third-order valence-electron chi connectivity index (χ3n) is 1.91. The van der Waals surface area contributed by atoms with Crippen LogP contribution in [0.5, 0.6) is 0 Å². The van der Waals surface area contributed by atoms with Crippen LogP contribution in [0.3, 0.4) is 0 Å². The second-order valence-electron chi connectivity index (χ2n) is 2.80. The number of fused-ring (bicyclic) bond motifs is 1. The zero-order valence-corrected chi connectivity index (χ0v) is 7.88. The van der Waals surface area contributed by atoms with Gasteiger partial charge in [-0.05, 0) is 17.5 Å². The summed E-state index contributed by atoms with van der Waals surface area (Å²) >= 11 is -2.24. The van der Waals surface area contributed by atoms with E-state index in [-0.39, 0.29) is 4.90 Å². The van der Waals surface area contributed by atoms with Crippen molar-refractivity contribution in [3.63, 3.8) is 0 Å². The van der Waals surface area contributed by atoms with Gasteiger partial charge in [-0.1, -0.05) is 18.2 Å². The number of para-hydroxylation sites is 1. The van der Waals surface area contributed by atoms with Crippen molar-refractivity contribution >= 4 is 22.0 Å². The predicted octanol–water partition coefficient (Wildman–Crippen LogP) is 1.11. The molecule has 0 saturated carbocycles. The summed E-state index contributed by atoms with van der Waals surface area (Å²) in [7, 11) is 0. The number of pyridine rings is 1. The molecule has 5 heteroatoms. The van der Waals surface area contributed by atoms with Crippen LogP contribution < -0.4 is 5.56 Å². The zero-order chi connectivity index (χ0) is 10.1. The Hall–Kier alpha value is -1.46. The first-order valence-corrected chi connectivity index (χ1v) is 5.02. The van der Waals surface area contributed by atoms with E-state index in [0.717, 1.165) is 5.39 Å². The Bertz CT molecular complexity index is 561. The molecule has 1 aromatic carbocycles. The smallest absolute Gasteiger partial charge is 0.267 e. The van der Waals surface area contributed by atoms with Gasteiger partial charge in [-0.3, -0.25) is 4.79 Å². The second-order valence-corrected chi connectivity index (χ2v) is 3.74. The maximum absolute atomic E-state index is 11.3. The second kappa shape index (κ2) is 3.36. The van der Waals surface area contributed by atoms with Gasteiger partial charge in [-0.15, -0.1) is 0 Å². The standard InChI is InChI=1S/C9H7NO3S/c11-9-8(14(12)13)5-6-3-1-2-4-7(6)10-9/h1-5H,(H,10,11)(H,12,13). The lowest BCUT2D eigenvalue weighted by Crippen LogP contribution is -2.12. The van der Waals surface area contributed by atoms with E-state index < -0.39 is 16.6 Å². The average molecular weight is 209 g/mol. The Morgan fingerprint density at radius 3 is 2.71 bits per heavy atom. The van der Waals surface area contributed by atoms with E-state index in [1.165, 1.54) is 6.07 Å². The Morgan fingerprint density at radius 1 is 1.29 bits per heavy atom. The van der Waals surface area contributed by atoms with Crippen LogP contribution in [-0.2, 0) is 11.1 Å². The molecule has 0 amide bonds. The van der Waals surface area contributed by atoms with Crippen LogP contribution in [0, 0.1) is 0 Å². The van der Waals surface area contributed by atoms with Crippen molar-refractivity contribution in [3.05, 3.63) is 40.7 Å². The van der Waals surface area contributed by atoms with Gasteiger partial charge in [0, 0.05) is 5.52 Å². The topological polar surface area (TPSA) is 70.2 Å². The van der Waals surface area contributed by atoms with E-state index >= 15 is 0 Å². The Balaban J connectivity index is 2.84. The number of H-pyrrole nitrogens is 1. The van der Waals surface area contributed by atoms with E-state index in [1.807, 2.05) is 0 Å². The first-order valence-electron chi connectivity index (χ1n) is 3.91. The number of nitrogens with one attached hydrogen (secondary N) is 1. The molecular formula is C9H7NO3S. The third kappa shape index (κ3) is 1.47. The van der Waals surface area contributed by atoms with Crippen LogP contribution in [0.25, 0.3) is 10.9 Å². The normalized spacial score (nSPS) is 12.9. The highest BCUT2D eigenvalue weighted by Crippen LogP contribution is 2.11. The van der Waals surface area contributed by atoms with E-state index in [9.17, 15) is 9.00 Å². The van der Waals surface area contributed by atoms with Gasteiger partial charge in [0.2, 0.25) is 0 Å². The number of benzene rings is 1. The summed E-state index contributed by atoms with van der Waals surface area (Å²) in [6.45, 7) is 0. The molecule has 0 spiro atoms. The molecule has 1 unspecified atom stereocenters. The molecule has 0 aliphatic rings. The van der Waals surface area contributed by atoms with Gasteiger partial charge in [0.1, 0.15) is 4.90 Å². The molecule has 2 rings (SSSR count). The first kappa shape index (κ1) is 9.11. The molecule has 0 fully saturated rings. The highest BCUT2D eigenvalue weighted by atomic mass is 32.2. The number of aromatic amines is 1. The highest BCUT2D eigenvalue weighted by Gasteiger charge is 2.06. The minimum Gasteiger partial charge on any atom is -0.321 e. The molecule has 14 heavy (non-hydrogen) atoms. The Kier molecular flexibility index (Phi) is 2.18. The molecule has 0 radical (unpaired) electrons. The molecule has 72 valence electrons. The zero-order valence-electron chi connectivity index (χ0n) is 7.06. The SMILES string of the molecule is O=c1[nH]c2ccccc2cc1S(=O)O. The number of hydrogen-bond donors (Lipinski definition) is 2. The molecule has 1 atom stereocenters. The fourth-order valence-electron chi connectivity index (χ4n) is 1.26. The first-order chi connectivity index (χ1) is 6.68. The molecule has 0 aliphatic heterocycles. The van der Waals surface area contributed by atoms with Crippen molar-refractivity contribution in [2.24, 2.45) is 0 Å². The van der Waals surface area contributed by atoms with E-state index in [4.69, 9.17) is 4.55 Å². The molecule has 1 aromatic heterocycles. The maximum Gasteiger partial charge on any atom is 0.267 e. The maximum atomic E-state index is 11.3. The number of rotatable bonds is 1. The van der Waals surface area contributed by atoms with E-state index in [0.29, 0.717) is 5.52 Å². The summed E-state index contributed by atoms with van der Waals surface area (Å²) in [5.74, 6) is 0. The van der Waals surface area contributed by atoms with Gasteiger partial charge in [0.25, 0.3) is 5.56 Å². The third-order valence-corrected chi connectivity index (χ3v) is 2.59. The lowest BCUT2D eigenvalue weighted by atomic mass is 10.2. The lowest BCUT2D eigenvalue weighted by Gasteiger charge is -1.98. The van der Waals surface area contributed by atoms with Gasteiger partial charge in [0.05, 0.1) is 0 Å². The van der Waals surface area contributed by atoms with Crippen molar-refractivity contribution < 1.29 is 8.76 Å². The fourth-order valence-corrected chi connectivity index (χ4v) is 1.69. The van der Waals surface area contributed by atoms with Gasteiger partial charge in [-0.25, -0.2) is 4.21 Å². The van der Waals surface area contributed by atoms with Gasteiger partial charge < -0.3 is 9.54 Å². The molecule has 0 saturated heterocycles. The largest absolute Gasteiger partial charge is 0.321 e. The Morgan fingerprint density at radius 2 is 2.00 bits per heavy atom. The van der Waals surface area contributed by atoms with Crippen LogP contribution >= 0.6 is 0 Å². The summed E-state index contributed by atoms with van der Waals surface area (Å²) < 4.78 is 19.6. The lowest BCUT2D eigenvalue weighted by molar-refractivity contribution is 0.563. The van der Waals surface area contributed by atoms with Crippen LogP contribution in [0.15, 0.2) is 40.0 Å². The van der Waals surface area contributed by atoms with Crippen LogP contribution in [0.2, 0.25) is 0 Å². The minimum absolute atomic E-state index is 0.122. The molecular weight excluding hydrogens is 202 g/mol. The summed E-state index contributed by atoms with van der Waals surface area (Å²) in [5.41, 5.74) is 0.135. The van der Waals surface area contributed by atoms with Crippen LogP contribution in [0.4, 0.5) is 0 Å². The van der Waals surface area contributed by atoms with Crippen molar-refractivity contribution in [2.75, 3.05) is 0 Å². The minimum atomic E-state index is -2.24. The molecule has 0 bridgehead atoms. The van der Waals surface area contributed by atoms with Crippen molar-refractivity contribution in [2.45, 2.75) is 4.90 Å². The summed E-state index contributed by atoms with van der Waals surface area (Å²) in [4.78, 5) is 13.7. The number of hydrogen-bond acceptors (Lipinski definition) is 2. The van der Waals surface area contributed by atoms with Gasteiger partial charge >= 0.3 is 0 Å². The van der Waals surface area contributed by atoms with Crippen molar-refractivity contribution in [3.8, 4) is 0 Å². The quantitative estimate of drug-likeness (QED) is 0.691. The predicted molar refractivity (Wildman–Crippen MR) is 53.6 cm³/mol. The molecule has 1 heterocycles.